The van der Waals surface area contributed by atoms with Crippen molar-refractivity contribution < 1.29 is 14.1 Å². The highest BCUT2D eigenvalue weighted by Crippen LogP contribution is 2.28. The van der Waals surface area contributed by atoms with E-state index in [0.29, 0.717) is 17.0 Å². The van der Waals surface area contributed by atoms with Crippen molar-refractivity contribution in [2.24, 2.45) is 0 Å². The summed E-state index contributed by atoms with van der Waals surface area (Å²) in [6, 6.07) is 16.6. The van der Waals surface area contributed by atoms with E-state index in [9.17, 15) is 4.79 Å². The molecule has 0 bridgehead atoms. The van der Waals surface area contributed by atoms with Gasteiger partial charge in [-0.15, -0.1) is 0 Å². The number of carbonyl (C=O) groups excluding carboxylic acids is 1. The van der Waals surface area contributed by atoms with Crippen molar-refractivity contribution >= 4 is 11.8 Å². The molecular weight excluding hydrogens is 342 g/mol. The monoisotopic (exact) mass is 359 g/mol. The zero-order chi connectivity index (χ0) is 18.6. The van der Waals surface area contributed by atoms with Gasteiger partial charge in [-0.3, -0.25) is 10.1 Å². The SMILES string of the molecule is N#Cc1ccc(OCC(=O)Nc2cc(-c3ccc4c(c3)CCC4)no2)cc1. The Kier molecular flexibility index (Phi) is 4.58. The molecule has 1 aliphatic carbocycles. The molecule has 0 radical (unpaired) electrons. The van der Waals surface area contributed by atoms with Crippen molar-refractivity contribution in [3.05, 3.63) is 65.2 Å². The Bertz CT molecular complexity index is 1020. The van der Waals surface area contributed by atoms with Gasteiger partial charge in [0, 0.05) is 11.6 Å². The van der Waals surface area contributed by atoms with Crippen LogP contribution in [0.15, 0.2) is 53.1 Å². The number of hydrogen-bond acceptors (Lipinski definition) is 5. The van der Waals surface area contributed by atoms with Crippen LogP contribution in [0.25, 0.3) is 11.3 Å². The standard InChI is InChI=1S/C21H17N3O3/c22-12-14-4-8-18(9-5-14)26-13-20(25)23-21-11-19(24-27-21)17-7-6-15-2-1-3-16(15)10-17/h4-11H,1-3,13H2,(H,23,25). The lowest BCUT2D eigenvalue weighted by Gasteiger charge is -2.05. The summed E-state index contributed by atoms with van der Waals surface area (Å²) in [4.78, 5) is 12.0. The number of anilines is 1. The van der Waals surface area contributed by atoms with Gasteiger partial charge in [0.2, 0.25) is 5.88 Å². The minimum Gasteiger partial charge on any atom is -0.484 e. The molecule has 27 heavy (non-hydrogen) atoms. The molecule has 1 heterocycles. The average molecular weight is 359 g/mol. The second-order valence-corrected chi connectivity index (χ2v) is 6.39. The van der Waals surface area contributed by atoms with Gasteiger partial charge in [0.05, 0.1) is 11.6 Å². The Morgan fingerprint density at radius 2 is 1.96 bits per heavy atom. The summed E-state index contributed by atoms with van der Waals surface area (Å²) in [6.45, 7) is -0.166. The lowest BCUT2D eigenvalue weighted by atomic mass is 10.0. The van der Waals surface area contributed by atoms with Gasteiger partial charge >= 0.3 is 0 Å². The fourth-order valence-corrected chi connectivity index (χ4v) is 3.15. The maximum absolute atomic E-state index is 12.0. The molecule has 6 nitrogen and oxygen atoms in total. The lowest BCUT2D eigenvalue weighted by Crippen LogP contribution is -2.19. The number of nitriles is 1. The Labute approximate surface area is 156 Å². The third kappa shape index (κ3) is 3.82. The number of aromatic nitrogens is 1. The third-order valence-corrected chi connectivity index (χ3v) is 4.52. The van der Waals surface area contributed by atoms with Gasteiger partial charge in [-0.05, 0) is 60.7 Å². The summed E-state index contributed by atoms with van der Waals surface area (Å²) in [5.41, 5.74) is 4.96. The highest BCUT2D eigenvalue weighted by atomic mass is 16.5. The zero-order valence-electron chi connectivity index (χ0n) is 14.6. The van der Waals surface area contributed by atoms with Crippen LogP contribution in [0.5, 0.6) is 5.75 Å². The highest BCUT2D eigenvalue weighted by molar-refractivity contribution is 5.91. The van der Waals surface area contributed by atoms with Crippen molar-refractivity contribution in [2.45, 2.75) is 19.3 Å². The van der Waals surface area contributed by atoms with Crippen LogP contribution in [0.2, 0.25) is 0 Å². The second kappa shape index (κ2) is 7.34. The summed E-state index contributed by atoms with van der Waals surface area (Å²) < 4.78 is 10.6. The number of hydrogen-bond donors (Lipinski definition) is 1. The predicted octanol–water partition coefficient (Wildman–Crippen LogP) is 3.72. The molecule has 0 saturated carbocycles. The largest absolute Gasteiger partial charge is 0.484 e. The molecule has 0 aliphatic heterocycles. The van der Waals surface area contributed by atoms with Crippen molar-refractivity contribution in [1.82, 2.24) is 5.16 Å². The molecule has 0 fully saturated rings. The molecule has 4 rings (SSSR count). The Morgan fingerprint density at radius 3 is 2.78 bits per heavy atom. The van der Waals surface area contributed by atoms with Crippen LogP contribution in [0, 0.1) is 11.3 Å². The van der Waals surface area contributed by atoms with E-state index in [1.165, 1.54) is 17.5 Å². The van der Waals surface area contributed by atoms with Crippen molar-refractivity contribution in [1.29, 1.82) is 5.26 Å². The highest BCUT2D eigenvalue weighted by Gasteiger charge is 2.14. The average Bonchev–Trinajstić information content (AvgIpc) is 3.35. The Morgan fingerprint density at radius 1 is 1.15 bits per heavy atom. The molecule has 0 saturated heterocycles. The van der Waals surface area contributed by atoms with Crippen molar-refractivity contribution in [2.75, 3.05) is 11.9 Å². The van der Waals surface area contributed by atoms with E-state index in [0.717, 1.165) is 18.4 Å². The number of ether oxygens (including phenoxy) is 1. The fraction of sp³-hybridized carbons (Fsp3) is 0.190. The molecular formula is C21H17N3O3. The maximum Gasteiger partial charge on any atom is 0.264 e. The van der Waals surface area contributed by atoms with E-state index in [-0.39, 0.29) is 18.4 Å². The van der Waals surface area contributed by atoms with Crippen LogP contribution < -0.4 is 10.1 Å². The molecule has 6 heteroatoms. The van der Waals surface area contributed by atoms with Gasteiger partial charge in [0.1, 0.15) is 11.4 Å². The zero-order valence-corrected chi connectivity index (χ0v) is 14.6. The minimum atomic E-state index is -0.351. The van der Waals surface area contributed by atoms with Gasteiger partial charge in [-0.2, -0.15) is 5.26 Å². The number of nitrogens with zero attached hydrogens (tertiary/aromatic N) is 2. The minimum absolute atomic E-state index is 0.166. The first-order valence-corrected chi connectivity index (χ1v) is 8.73. The van der Waals surface area contributed by atoms with Crippen LogP contribution >= 0.6 is 0 Å². The first-order valence-electron chi connectivity index (χ1n) is 8.73. The van der Waals surface area contributed by atoms with Crippen LogP contribution in [0.3, 0.4) is 0 Å². The van der Waals surface area contributed by atoms with Gasteiger partial charge in [-0.1, -0.05) is 17.3 Å². The third-order valence-electron chi connectivity index (χ3n) is 4.52. The molecule has 2 aromatic carbocycles. The number of carbonyl (C=O) groups is 1. The van der Waals surface area contributed by atoms with Crippen LogP contribution in [-0.4, -0.2) is 17.7 Å². The summed E-state index contributed by atoms with van der Waals surface area (Å²) in [5.74, 6) is 0.440. The summed E-state index contributed by atoms with van der Waals surface area (Å²) in [6.07, 6.45) is 3.42. The molecule has 1 aliphatic rings. The summed E-state index contributed by atoms with van der Waals surface area (Å²) in [7, 11) is 0. The van der Waals surface area contributed by atoms with E-state index >= 15 is 0 Å². The van der Waals surface area contributed by atoms with Gasteiger partial charge in [0.15, 0.2) is 6.61 Å². The molecule has 0 spiro atoms. The number of rotatable bonds is 5. The quantitative estimate of drug-likeness (QED) is 0.750. The summed E-state index contributed by atoms with van der Waals surface area (Å²) >= 11 is 0. The van der Waals surface area contributed by atoms with E-state index in [4.69, 9.17) is 14.5 Å². The van der Waals surface area contributed by atoms with Crippen molar-refractivity contribution in [3.8, 4) is 23.1 Å². The Balaban J connectivity index is 1.36. The molecule has 3 aromatic rings. The molecule has 1 amide bonds. The number of aryl methyl sites for hydroxylation is 2. The van der Waals surface area contributed by atoms with E-state index < -0.39 is 0 Å². The maximum atomic E-state index is 12.0. The number of benzene rings is 2. The normalized spacial score (nSPS) is 12.3. The van der Waals surface area contributed by atoms with Gasteiger partial charge in [0.25, 0.3) is 5.91 Å². The molecule has 1 N–H and O–H groups in total. The van der Waals surface area contributed by atoms with E-state index in [1.54, 1.807) is 30.3 Å². The number of amides is 1. The van der Waals surface area contributed by atoms with Gasteiger partial charge < -0.3 is 9.26 Å². The fourth-order valence-electron chi connectivity index (χ4n) is 3.15. The number of fused-ring (bicyclic) bond motifs is 1. The smallest absolute Gasteiger partial charge is 0.264 e. The number of nitrogens with one attached hydrogen (secondary N) is 1. The van der Waals surface area contributed by atoms with Crippen LogP contribution in [-0.2, 0) is 17.6 Å². The first kappa shape index (κ1) is 16.9. The predicted molar refractivity (Wildman–Crippen MR) is 99.2 cm³/mol. The van der Waals surface area contributed by atoms with Crippen LogP contribution in [0.1, 0.15) is 23.1 Å². The molecule has 134 valence electrons. The van der Waals surface area contributed by atoms with Gasteiger partial charge in [-0.25, -0.2) is 0 Å². The summed E-state index contributed by atoms with van der Waals surface area (Å²) in [5, 5.41) is 15.4. The van der Waals surface area contributed by atoms with E-state index in [2.05, 4.69) is 22.6 Å². The topological polar surface area (TPSA) is 88.1 Å². The molecule has 1 aromatic heterocycles. The Hall–Kier alpha value is -3.59. The molecule has 0 atom stereocenters. The first-order chi connectivity index (χ1) is 13.2. The van der Waals surface area contributed by atoms with Crippen molar-refractivity contribution in [3.63, 3.8) is 0 Å². The lowest BCUT2D eigenvalue weighted by molar-refractivity contribution is -0.118. The molecule has 0 unspecified atom stereocenters. The van der Waals surface area contributed by atoms with Crippen LogP contribution in [0.4, 0.5) is 5.88 Å². The van der Waals surface area contributed by atoms with E-state index in [1.807, 2.05) is 12.1 Å². The second-order valence-electron chi connectivity index (χ2n) is 6.39.